The number of amides is 1. The molecule has 1 fully saturated rings. The van der Waals surface area contributed by atoms with Crippen LogP contribution in [0.3, 0.4) is 0 Å². The Balaban J connectivity index is 1.78. The van der Waals surface area contributed by atoms with Crippen LogP contribution in [0.1, 0.15) is 30.5 Å². The van der Waals surface area contributed by atoms with E-state index in [1.54, 1.807) is 10.6 Å². The van der Waals surface area contributed by atoms with Gasteiger partial charge >= 0.3 is 0 Å². The Kier molecular flexibility index (Phi) is 4.94. The van der Waals surface area contributed by atoms with E-state index in [1.807, 2.05) is 32.2 Å². The van der Waals surface area contributed by atoms with Crippen molar-refractivity contribution in [2.45, 2.75) is 38.6 Å². The number of hydrogen-bond donors (Lipinski definition) is 1. The predicted octanol–water partition coefficient (Wildman–Crippen LogP) is 1.15. The summed E-state index contributed by atoms with van der Waals surface area (Å²) in [5, 5.41) is 2.96. The Morgan fingerprint density at radius 2 is 2.17 bits per heavy atom. The molecule has 1 saturated heterocycles. The molecule has 24 heavy (non-hydrogen) atoms. The van der Waals surface area contributed by atoms with Crippen LogP contribution in [0.15, 0.2) is 29.2 Å². The number of aromatic nitrogens is 2. The third kappa shape index (κ3) is 3.33. The van der Waals surface area contributed by atoms with E-state index in [0.717, 1.165) is 37.1 Å². The van der Waals surface area contributed by atoms with E-state index in [-0.39, 0.29) is 17.5 Å². The summed E-state index contributed by atoms with van der Waals surface area (Å²) in [5.74, 6) is 0.0973. The molecule has 0 aromatic carbocycles. The van der Waals surface area contributed by atoms with Gasteiger partial charge in [0, 0.05) is 30.5 Å². The summed E-state index contributed by atoms with van der Waals surface area (Å²) in [7, 11) is 1.96. The first-order valence-corrected chi connectivity index (χ1v) is 8.53. The first-order valence-electron chi connectivity index (χ1n) is 8.53. The normalized spacial score (nSPS) is 18.6. The SMILES string of the molecule is Cc1nc2ccccn2c(=O)c1CCN(C)C1CCCCNC1=O. The molecule has 0 saturated carbocycles. The van der Waals surface area contributed by atoms with Gasteiger partial charge in [0.2, 0.25) is 5.91 Å². The summed E-state index contributed by atoms with van der Waals surface area (Å²) < 4.78 is 1.58. The monoisotopic (exact) mass is 328 g/mol. The molecule has 1 N–H and O–H groups in total. The van der Waals surface area contributed by atoms with Crippen molar-refractivity contribution < 1.29 is 4.79 Å². The summed E-state index contributed by atoms with van der Waals surface area (Å²) in [6, 6.07) is 5.43. The van der Waals surface area contributed by atoms with Gasteiger partial charge in [-0.1, -0.05) is 6.07 Å². The van der Waals surface area contributed by atoms with Crippen molar-refractivity contribution in [3.63, 3.8) is 0 Å². The van der Waals surface area contributed by atoms with Crippen LogP contribution in [-0.2, 0) is 11.2 Å². The Labute approximate surface area is 141 Å². The first kappa shape index (κ1) is 16.6. The molecule has 2 aromatic rings. The van der Waals surface area contributed by atoms with Crippen molar-refractivity contribution in [3.8, 4) is 0 Å². The number of aryl methyl sites for hydroxylation is 1. The second-order valence-electron chi connectivity index (χ2n) is 6.44. The van der Waals surface area contributed by atoms with E-state index < -0.39 is 0 Å². The summed E-state index contributed by atoms with van der Waals surface area (Å²) in [5.41, 5.74) is 2.14. The Bertz CT molecular complexity index is 799. The smallest absolute Gasteiger partial charge is 0.261 e. The van der Waals surface area contributed by atoms with Gasteiger partial charge in [-0.2, -0.15) is 0 Å². The van der Waals surface area contributed by atoms with Gasteiger partial charge in [-0.25, -0.2) is 4.98 Å². The number of pyridine rings is 1. The van der Waals surface area contributed by atoms with Gasteiger partial charge in [-0.15, -0.1) is 0 Å². The van der Waals surface area contributed by atoms with Crippen LogP contribution >= 0.6 is 0 Å². The maximum absolute atomic E-state index is 12.7. The Hall–Kier alpha value is -2.21. The lowest BCUT2D eigenvalue weighted by Gasteiger charge is -2.25. The molecule has 1 atom stereocenters. The number of carbonyl (C=O) groups is 1. The van der Waals surface area contributed by atoms with Crippen molar-refractivity contribution in [2.75, 3.05) is 20.1 Å². The minimum Gasteiger partial charge on any atom is -0.355 e. The van der Waals surface area contributed by atoms with Gasteiger partial charge in [0.1, 0.15) is 5.65 Å². The molecular formula is C18H24N4O2. The lowest BCUT2D eigenvalue weighted by molar-refractivity contribution is -0.125. The van der Waals surface area contributed by atoms with Gasteiger partial charge in [-0.3, -0.25) is 18.9 Å². The highest BCUT2D eigenvalue weighted by atomic mass is 16.2. The van der Waals surface area contributed by atoms with Crippen molar-refractivity contribution in [2.24, 2.45) is 0 Å². The second kappa shape index (κ2) is 7.13. The summed E-state index contributed by atoms with van der Waals surface area (Å²) in [4.78, 5) is 31.4. The maximum Gasteiger partial charge on any atom is 0.261 e. The molecule has 1 amide bonds. The molecule has 3 heterocycles. The maximum atomic E-state index is 12.7. The highest BCUT2D eigenvalue weighted by Gasteiger charge is 2.24. The summed E-state index contributed by atoms with van der Waals surface area (Å²) >= 11 is 0. The standard InChI is InChI=1S/C18H24N4O2/c1-13-14(18(24)22-11-6-4-8-16(22)20-13)9-12-21(2)15-7-3-5-10-19-17(15)23/h4,6,8,11,15H,3,5,7,9-10,12H2,1-2H3,(H,19,23). The van der Waals surface area contributed by atoms with Gasteiger partial charge in [0.05, 0.1) is 6.04 Å². The summed E-state index contributed by atoms with van der Waals surface area (Å²) in [6.07, 6.45) is 5.29. The molecule has 3 rings (SSSR count). The Morgan fingerprint density at radius 1 is 1.33 bits per heavy atom. The third-order valence-corrected chi connectivity index (χ3v) is 4.79. The topological polar surface area (TPSA) is 66.7 Å². The second-order valence-corrected chi connectivity index (χ2v) is 6.44. The highest BCUT2D eigenvalue weighted by Crippen LogP contribution is 2.12. The van der Waals surface area contributed by atoms with Crippen molar-refractivity contribution in [1.82, 2.24) is 19.6 Å². The number of likely N-dealkylation sites (N-methyl/N-ethyl adjacent to an activating group) is 1. The molecule has 0 aliphatic carbocycles. The molecule has 1 aliphatic rings. The Morgan fingerprint density at radius 3 is 3.00 bits per heavy atom. The first-order chi connectivity index (χ1) is 11.6. The lowest BCUT2D eigenvalue weighted by Crippen LogP contribution is -2.44. The van der Waals surface area contributed by atoms with Crippen molar-refractivity contribution in [3.05, 3.63) is 46.0 Å². The molecule has 0 bridgehead atoms. The van der Waals surface area contributed by atoms with Gasteiger partial charge in [0.15, 0.2) is 0 Å². The number of hydrogen-bond acceptors (Lipinski definition) is 4. The predicted molar refractivity (Wildman–Crippen MR) is 93.2 cm³/mol. The molecule has 128 valence electrons. The summed E-state index contributed by atoms with van der Waals surface area (Å²) in [6.45, 7) is 3.30. The minimum absolute atomic E-state index is 0.0168. The van der Waals surface area contributed by atoms with Crippen LogP contribution < -0.4 is 10.9 Å². The fraction of sp³-hybridized carbons (Fsp3) is 0.500. The van der Waals surface area contributed by atoms with E-state index in [9.17, 15) is 9.59 Å². The van der Waals surface area contributed by atoms with Crippen LogP contribution in [0, 0.1) is 6.92 Å². The van der Waals surface area contributed by atoms with Gasteiger partial charge in [0.25, 0.3) is 5.56 Å². The van der Waals surface area contributed by atoms with Gasteiger partial charge in [-0.05, 0) is 51.8 Å². The number of rotatable bonds is 4. The fourth-order valence-electron chi connectivity index (χ4n) is 3.31. The largest absolute Gasteiger partial charge is 0.355 e. The molecule has 6 nitrogen and oxygen atoms in total. The number of nitrogens with one attached hydrogen (secondary N) is 1. The molecule has 0 spiro atoms. The van der Waals surface area contributed by atoms with E-state index in [2.05, 4.69) is 15.2 Å². The van der Waals surface area contributed by atoms with Crippen LogP contribution in [0.2, 0.25) is 0 Å². The average molecular weight is 328 g/mol. The zero-order chi connectivity index (χ0) is 17.1. The van der Waals surface area contributed by atoms with Crippen molar-refractivity contribution >= 4 is 11.6 Å². The molecular weight excluding hydrogens is 304 g/mol. The highest BCUT2D eigenvalue weighted by molar-refractivity contribution is 5.81. The van der Waals surface area contributed by atoms with Crippen molar-refractivity contribution in [1.29, 1.82) is 0 Å². The van der Waals surface area contributed by atoms with Gasteiger partial charge < -0.3 is 5.32 Å². The minimum atomic E-state index is -0.107. The zero-order valence-corrected chi connectivity index (χ0v) is 14.3. The lowest BCUT2D eigenvalue weighted by atomic mass is 10.1. The molecule has 6 heteroatoms. The number of fused-ring (bicyclic) bond motifs is 1. The fourth-order valence-corrected chi connectivity index (χ4v) is 3.31. The average Bonchev–Trinajstić information content (AvgIpc) is 2.79. The number of carbonyl (C=O) groups excluding carboxylic acids is 1. The van der Waals surface area contributed by atoms with Crippen LogP contribution in [0.5, 0.6) is 0 Å². The molecule has 0 radical (unpaired) electrons. The zero-order valence-electron chi connectivity index (χ0n) is 14.3. The van der Waals surface area contributed by atoms with Crippen LogP contribution in [0.25, 0.3) is 5.65 Å². The third-order valence-electron chi connectivity index (χ3n) is 4.79. The number of nitrogens with zero attached hydrogens (tertiary/aromatic N) is 3. The quantitative estimate of drug-likeness (QED) is 0.914. The van der Waals surface area contributed by atoms with E-state index in [4.69, 9.17) is 0 Å². The van der Waals surface area contributed by atoms with Crippen LogP contribution in [-0.4, -0.2) is 46.4 Å². The van der Waals surface area contributed by atoms with E-state index in [1.165, 1.54) is 0 Å². The van der Waals surface area contributed by atoms with E-state index in [0.29, 0.717) is 18.6 Å². The molecule has 2 aromatic heterocycles. The molecule has 1 aliphatic heterocycles. The van der Waals surface area contributed by atoms with E-state index >= 15 is 0 Å². The molecule has 1 unspecified atom stereocenters. The van der Waals surface area contributed by atoms with Crippen LogP contribution in [0.4, 0.5) is 0 Å².